The lowest BCUT2D eigenvalue weighted by atomic mass is 9.95. The van der Waals surface area contributed by atoms with Gasteiger partial charge >= 0.3 is 0 Å². The van der Waals surface area contributed by atoms with Crippen molar-refractivity contribution in [1.29, 1.82) is 0 Å². The molecule has 0 amide bonds. The van der Waals surface area contributed by atoms with Gasteiger partial charge in [0.25, 0.3) is 0 Å². The van der Waals surface area contributed by atoms with Crippen LogP contribution in [0.1, 0.15) is 26.1 Å². The normalized spacial score (nSPS) is 13.5. The molecule has 0 aliphatic rings. The molecule has 0 bridgehead atoms. The molecule has 1 heterocycles. The van der Waals surface area contributed by atoms with Gasteiger partial charge in [-0.05, 0) is 18.3 Å². The first kappa shape index (κ1) is 10.1. The maximum atomic E-state index is 9.09. The van der Waals surface area contributed by atoms with E-state index >= 15 is 0 Å². The Morgan fingerprint density at radius 2 is 2.23 bits per heavy atom. The molecule has 2 N–H and O–H groups in total. The van der Waals surface area contributed by atoms with Crippen molar-refractivity contribution < 1.29 is 5.11 Å². The Hall–Kier alpha value is -0.970. The van der Waals surface area contributed by atoms with Gasteiger partial charge in [0.05, 0.1) is 0 Å². The molecule has 5 nitrogen and oxygen atoms in total. The standard InChI is InChI=1S/C8H16N4O/c1-6(2)3-7(5-13)4-8-9-11-12-10-8/h6-7,13H,3-5H2,1-2H3,(H,9,10,11,12). The molecule has 1 unspecified atom stereocenters. The van der Waals surface area contributed by atoms with Gasteiger partial charge in [-0.3, -0.25) is 0 Å². The Labute approximate surface area is 77.6 Å². The van der Waals surface area contributed by atoms with Crippen LogP contribution in [0.2, 0.25) is 0 Å². The van der Waals surface area contributed by atoms with Crippen LogP contribution >= 0.6 is 0 Å². The maximum Gasteiger partial charge on any atom is 0.174 e. The molecule has 1 aromatic rings. The lowest BCUT2D eigenvalue weighted by Crippen LogP contribution is -2.13. The molecule has 0 aliphatic carbocycles. The molecule has 0 saturated heterocycles. The van der Waals surface area contributed by atoms with Crippen molar-refractivity contribution in [2.24, 2.45) is 11.8 Å². The largest absolute Gasteiger partial charge is 0.396 e. The number of H-pyrrole nitrogens is 1. The van der Waals surface area contributed by atoms with Gasteiger partial charge in [0.15, 0.2) is 5.82 Å². The van der Waals surface area contributed by atoms with Crippen LogP contribution in [-0.4, -0.2) is 32.3 Å². The molecule has 5 heteroatoms. The summed E-state index contributed by atoms with van der Waals surface area (Å²) in [7, 11) is 0. The van der Waals surface area contributed by atoms with E-state index in [0.717, 1.165) is 6.42 Å². The van der Waals surface area contributed by atoms with Crippen molar-refractivity contribution in [2.75, 3.05) is 6.61 Å². The van der Waals surface area contributed by atoms with Gasteiger partial charge < -0.3 is 5.11 Å². The van der Waals surface area contributed by atoms with Crippen molar-refractivity contribution in [3.63, 3.8) is 0 Å². The van der Waals surface area contributed by atoms with Gasteiger partial charge in [-0.2, -0.15) is 5.21 Å². The molecular formula is C8H16N4O. The van der Waals surface area contributed by atoms with Crippen LogP contribution in [0.5, 0.6) is 0 Å². The van der Waals surface area contributed by atoms with Crippen molar-refractivity contribution in [1.82, 2.24) is 20.6 Å². The topological polar surface area (TPSA) is 74.7 Å². The molecule has 1 aromatic heterocycles. The Morgan fingerprint density at radius 3 is 2.69 bits per heavy atom. The fourth-order valence-electron chi connectivity index (χ4n) is 1.42. The molecule has 1 rings (SSSR count). The van der Waals surface area contributed by atoms with Crippen LogP contribution in [0, 0.1) is 11.8 Å². The molecule has 0 radical (unpaired) electrons. The van der Waals surface area contributed by atoms with Crippen LogP contribution in [0.25, 0.3) is 0 Å². The number of aromatic amines is 1. The summed E-state index contributed by atoms with van der Waals surface area (Å²) in [6, 6.07) is 0. The second-order valence-electron chi connectivity index (χ2n) is 3.71. The van der Waals surface area contributed by atoms with Gasteiger partial charge in [0.1, 0.15) is 0 Å². The summed E-state index contributed by atoms with van der Waals surface area (Å²) < 4.78 is 0. The third-order valence-corrected chi connectivity index (χ3v) is 1.92. The lowest BCUT2D eigenvalue weighted by molar-refractivity contribution is 0.203. The third-order valence-electron chi connectivity index (χ3n) is 1.92. The quantitative estimate of drug-likeness (QED) is 0.694. The summed E-state index contributed by atoms with van der Waals surface area (Å²) in [5, 5.41) is 22.7. The van der Waals surface area contributed by atoms with Crippen molar-refractivity contribution in [2.45, 2.75) is 26.7 Å². The minimum atomic E-state index is 0.187. The van der Waals surface area contributed by atoms with E-state index in [2.05, 4.69) is 34.5 Å². The molecule has 0 spiro atoms. The van der Waals surface area contributed by atoms with E-state index in [9.17, 15) is 0 Å². The lowest BCUT2D eigenvalue weighted by Gasteiger charge is -2.13. The molecule has 0 saturated carbocycles. The molecule has 0 fully saturated rings. The fourth-order valence-corrected chi connectivity index (χ4v) is 1.42. The fraction of sp³-hybridized carbons (Fsp3) is 0.875. The predicted molar refractivity (Wildman–Crippen MR) is 47.9 cm³/mol. The summed E-state index contributed by atoms with van der Waals surface area (Å²) in [5.41, 5.74) is 0. The van der Waals surface area contributed by atoms with E-state index in [1.807, 2.05) is 0 Å². The van der Waals surface area contributed by atoms with Crippen LogP contribution in [0.4, 0.5) is 0 Å². The summed E-state index contributed by atoms with van der Waals surface area (Å²) in [6.07, 6.45) is 1.69. The summed E-state index contributed by atoms with van der Waals surface area (Å²) in [5.74, 6) is 1.52. The van der Waals surface area contributed by atoms with E-state index in [-0.39, 0.29) is 12.5 Å². The zero-order valence-corrected chi connectivity index (χ0v) is 8.06. The monoisotopic (exact) mass is 184 g/mol. The van der Waals surface area contributed by atoms with Gasteiger partial charge in [0.2, 0.25) is 0 Å². The van der Waals surface area contributed by atoms with E-state index in [1.165, 1.54) is 0 Å². The van der Waals surface area contributed by atoms with E-state index in [4.69, 9.17) is 5.11 Å². The van der Waals surface area contributed by atoms with Crippen LogP contribution in [-0.2, 0) is 6.42 Å². The molecule has 13 heavy (non-hydrogen) atoms. The number of tetrazole rings is 1. The summed E-state index contributed by atoms with van der Waals surface area (Å²) >= 11 is 0. The smallest absolute Gasteiger partial charge is 0.174 e. The minimum Gasteiger partial charge on any atom is -0.396 e. The first-order valence-electron chi connectivity index (χ1n) is 4.55. The Kier molecular flexibility index (Phi) is 3.82. The highest BCUT2D eigenvalue weighted by Crippen LogP contribution is 2.14. The second kappa shape index (κ2) is 4.91. The molecule has 74 valence electrons. The van der Waals surface area contributed by atoms with Crippen molar-refractivity contribution >= 4 is 0 Å². The summed E-state index contributed by atoms with van der Waals surface area (Å²) in [4.78, 5) is 0. The number of aliphatic hydroxyl groups is 1. The van der Waals surface area contributed by atoms with E-state index < -0.39 is 0 Å². The first-order valence-corrected chi connectivity index (χ1v) is 4.55. The van der Waals surface area contributed by atoms with Crippen LogP contribution < -0.4 is 0 Å². The number of rotatable bonds is 5. The Balaban J connectivity index is 2.40. The number of aromatic nitrogens is 4. The Morgan fingerprint density at radius 1 is 1.46 bits per heavy atom. The average Bonchev–Trinajstić information content (AvgIpc) is 2.55. The molecule has 1 atom stereocenters. The number of nitrogens with zero attached hydrogens (tertiary/aromatic N) is 3. The van der Waals surface area contributed by atoms with E-state index in [1.54, 1.807) is 0 Å². The van der Waals surface area contributed by atoms with Crippen molar-refractivity contribution in [3.05, 3.63) is 5.82 Å². The SMILES string of the molecule is CC(C)CC(CO)Cc1nn[nH]n1. The third kappa shape index (κ3) is 3.50. The number of nitrogens with one attached hydrogen (secondary N) is 1. The number of hydrogen-bond donors (Lipinski definition) is 2. The maximum absolute atomic E-state index is 9.09. The highest BCUT2D eigenvalue weighted by atomic mass is 16.3. The predicted octanol–water partition coefficient (Wildman–Crippen LogP) is 0.397. The first-order chi connectivity index (χ1) is 6.22. The molecule has 0 aromatic carbocycles. The molecular weight excluding hydrogens is 168 g/mol. The van der Waals surface area contributed by atoms with Crippen LogP contribution in [0.3, 0.4) is 0 Å². The minimum absolute atomic E-state index is 0.187. The Bertz CT molecular complexity index is 222. The second-order valence-corrected chi connectivity index (χ2v) is 3.71. The van der Waals surface area contributed by atoms with Gasteiger partial charge in [-0.15, -0.1) is 10.2 Å². The van der Waals surface area contributed by atoms with Gasteiger partial charge in [-0.1, -0.05) is 19.1 Å². The molecule has 0 aliphatic heterocycles. The van der Waals surface area contributed by atoms with E-state index in [0.29, 0.717) is 18.2 Å². The number of aliphatic hydroxyl groups excluding tert-OH is 1. The van der Waals surface area contributed by atoms with Gasteiger partial charge in [-0.25, -0.2) is 0 Å². The zero-order chi connectivity index (χ0) is 9.68. The highest BCUT2D eigenvalue weighted by Gasteiger charge is 2.12. The zero-order valence-electron chi connectivity index (χ0n) is 8.06. The average molecular weight is 184 g/mol. The highest BCUT2D eigenvalue weighted by molar-refractivity contribution is 4.80. The van der Waals surface area contributed by atoms with Gasteiger partial charge in [0, 0.05) is 13.0 Å². The number of hydrogen-bond acceptors (Lipinski definition) is 4. The van der Waals surface area contributed by atoms with Crippen LogP contribution in [0.15, 0.2) is 0 Å². The van der Waals surface area contributed by atoms with Crippen molar-refractivity contribution in [3.8, 4) is 0 Å². The summed E-state index contributed by atoms with van der Waals surface area (Å²) in [6.45, 7) is 4.46.